The molecule has 0 aliphatic carbocycles. The maximum absolute atomic E-state index is 12.3. The Kier molecular flexibility index (Phi) is 4.78. The molecule has 3 N–H and O–H groups in total. The predicted octanol–water partition coefficient (Wildman–Crippen LogP) is 4.36. The Bertz CT molecular complexity index is 723. The number of nitrogen functional groups attached to an aromatic ring is 1. The van der Waals surface area contributed by atoms with Crippen LogP contribution in [0, 0.1) is 0 Å². The third-order valence-corrected chi connectivity index (χ3v) is 5.51. The summed E-state index contributed by atoms with van der Waals surface area (Å²) in [5.74, 6) is 0. The van der Waals surface area contributed by atoms with Gasteiger partial charge in [-0.05, 0) is 68.3 Å². The first-order valence-corrected chi connectivity index (χ1v) is 9.19. The van der Waals surface area contributed by atoms with Gasteiger partial charge in [0.1, 0.15) is 0 Å². The van der Waals surface area contributed by atoms with Crippen LogP contribution in [0.2, 0.25) is 0 Å². The summed E-state index contributed by atoms with van der Waals surface area (Å²) in [6.45, 7) is 0. The number of hydrogen-bond acceptors (Lipinski definition) is 3. The largest absolute Gasteiger partial charge is 0.399 e. The van der Waals surface area contributed by atoms with Crippen molar-refractivity contribution in [3.05, 3.63) is 49.8 Å². The summed E-state index contributed by atoms with van der Waals surface area (Å²) in [5.41, 5.74) is 6.50. The normalized spacial score (nSPS) is 11.3. The summed E-state index contributed by atoms with van der Waals surface area (Å²) in [4.78, 5) is 0.147. The van der Waals surface area contributed by atoms with Crippen molar-refractivity contribution in [2.75, 3.05) is 10.5 Å². The highest BCUT2D eigenvalue weighted by Gasteiger charge is 2.17. The molecule has 0 amide bonds. The van der Waals surface area contributed by atoms with Gasteiger partial charge in [-0.25, -0.2) is 8.42 Å². The lowest BCUT2D eigenvalue weighted by molar-refractivity contribution is 0.601. The van der Waals surface area contributed by atoms with Gasteiger partial charge in [0.2, 0.25) is 0 Å². The van der Waals surface area contributed by atoms with Gasteiger partial charge in [-0.1, -0.05) is 15.9 Å². The summed E-state index contributed by atoms with van der Waals surface area (Å²) in [6, 6.07) is 9.51. The van der Waals surface area contributed by atoms with Crippen LogP contribution < -0.4 is 10.5 Å². The minimum atomic E-state index is -3.67. The van der Waals surface area contributed by atoms with Crippen molar-refractivity contribution >= 4 is 69.2 Å². The topological polar surface area (TPSA) is 72.2 Å². The van der Waals surface area contributed by atoms with Crippen LogP contribution in [0.25, 0.3) is 0 Å². The number of benzene rings is 2. The number of nitrogens with one attached hydrogen (secondary N) is 1. The van der Waals surface area contributed by atoms with Gasteiger partial charge in [0.05, 0.1) is 10.6 Å². The molecule has 0 aliphatic heterocycles. The fourth-order valence-electron chi connectivity index (χ4n) is 1.48. The van der Waals surface area contributed by atoms with Gasteiger partial charge in [-0.15, -0.1) is 0 Å². The van der Waals surface area contributed by atoms with E-state index < -0.39 is 10.0 Å². The van der Waals surface area contributed by atoms with E-state index in [4.69, 9.17) is 5.73 Å². The molecule has 4 nitrogen and oxygen atoms in total. The van der Waals surface area contributed by atoms with E-state index in [0.29, 0.717) is 20.3 Å². The van der Waals surface area contributed by atoms with Crippen molar-refractivity contribution in [3.8, 4) is 0 Å². The van der Waals surface area contributed by atoms with E-state index >= 15 is 0 Å². The fourth-order valence-corrected chi connectivity index (χ4v) is 5.30. The summed E-state index contributed by atoms with van der Waals surface area (Å²) in [7, 11) is -3.67. The van der Waals surface area contributed by atoms with E-state index in [1.165, 1.54) is 12.1 Å². The Labute approximate surface area is 142 Å². The average Bonchev–Trinajstić information content (AvgIpc) is 2.34. The van der Waals surface area contributed by atoms with E-state index in [-0.39, 0.29) is 4.90 Å². The minimum absolute atomic E-state index is 0.147. The monoisotopic (exact) mass is 482 g/mol. The highest BCUT2D eigenvalue weighted by molar-refractivity contribution is 9.11. The van der Waals surface area contributed by atoms with Crippen LogP contribution in [0.5, 0.6) is 0 Å². The van der Waals surface area contributed by atoms with Gasteiger partial charge in [0.15, 0.2) is 0 Å². The lowest BCUT2D eigenvalue weighted by Gasteiger charge is -2.12. The number of hydrogen-bond donors (Lipinski definition) is 2. The molecule has 2 rings (SSSR count). The SMILES string of the molecule is Nc1ccc(S(=O)(=O)Nc2c(Br)cc(Br)cc2Br)cc1. The molecule has 2 aromatic rings. The van der Waals surface area contributed by atoms with Crippen LogP contribution in [0.3, 0.4) is 0 Å². The lowest BCUT2D eigenvalue weighted by Crippen LogP contribution is -2.13. The Morgan fingerprint density at radius 3 is 1.95 bits per heavy atom. The second-order valence-corrected chi connectivity index (χ2v) is 8.23. The van der Waals surface area contributed by atoms with Gasteiger partial charge < -0.3 is 5.73 Å². The molecule has 0 saturated heterocycles. The molecule has 8 heteroatoms. The Hall–Kier alpha value is -0.570. The maximum atomic E-state index is 12.3. The Morgan fingerprint density at radius 1 is 0.950 bits per heavy atom. The number of sulfonamides is 1. The van der Waals surface area contributed by atoms with Crippen molar-refractivity contribution in [1.29, 1.82) is 0 Å². The van der Waals surface area contributed by atoms with Gasteiger partial charge in [-0.2, -0.15) is 0 Å². The molecule has 0 aliphatic rings. The minimum Gasteiger partial charge on any atom is -0.399 e. The zero-order valence-electron chi connectivity index (χ0n) is 9.90. The van der Waals surface area contributed by atoms with Gasteiger partial charge in [-0.3, -0.25) is 4.72 Å². The standard InChI is InChI=1S/C12H9Br3N2O2S/c13-7-5-10(14)12(11(15)6-7)17-20(18,19)9-3-1-8(16)2-4-9/h1-6,17H,16H2. The van der Waals surface area contributed by atoms with Gasteiger partial charge in [0.25, 0.3) is 10.0 Å². The highest BCUT2D eigenvalue weighted by Crippen LogP contribution is 2.35. The molecule has 0 unspecified atom stereocenters. The number of halogens is 3. The molecule has 0 heterocycles. The van der Waals surface area contributed by atoms with Crippen LogP contribution in [0.1, 0.15) is 0 Å². The molecular weight excluding hydrogens is 476 g/mol. The fraction of sp³-hybridized carbons (Fsp3) is 0. The van der Waals surface area contributed by atoms with Crippen LogP contribution in [-0.2, 0) is 10.0 Å². The van der Waals surface area contributed by atoms with E-state index in [0.717, 1.165) is 4.47 Å². The van der Waals surface area contributed by atoms with Crippen LogP contribution in [0.4, 0.5) is 11.4 Å². The molecule has 0 saturated carbocycles. The molecule has 0 aromatic heterocycles. The van der Waals surface area contributed by atoms with Crippen molar-refractivity contribution < 1.29 is 8.42 Å². The molecule has 2 aromatic carbocycles. The second-order valence-electron chi connectivity index (χ2n) is 3.92. The lowest BCUT2D eigenvalue weighted by atomic mass is 10.3. The molecule has 106 valence electrons. The molecule has 20 heavy (non-hydrogen) atoms. The highest BCUT2D eigenvalue weighted by atomic mass is 79.9. The molecule has 0 spiro atoms. The van der Waals surface area contributed by atoms with Crippen molar-refractivity contribution in [2.45, 2.75) is 4.90 Å². The second kappa shape index (κ2) is 6.05. The average molecular weight is 485 g/mol. The third kappa shape index (κ3) is 3.55. The summed E-state index contributed by atoms with van der Waals surface area (Å²) < 4.78 is 29.2. The smallest absolute Gasteiger partial charge is 0.261 e. The number of anilines is 2. The van der Waals surface area contributed by atoms with E-state index in [9.17, 15) is 8.42 Å². The summed E-state index contributed by atoms with van der Waals surface area (Å²) in [6.07, 6.45) is 0. The molecule has 0 fully saturated rings. The van der Waals surface area contributed by atoms with E-state index in [1.807, 2.05) is 0 Å². The number of nitrogens with two attached hydrogens (primary N) is 1. The van der Waals surface area contributed by atoms with Crippen molar-refractivity contribution in [1.82, 2.24) is 0 Å². The van der Waals surface area contributed by atoms with Gasteiger partial charge in [0, 0.05) is 19.1 Å². The molecular formula is C12H9Br3N2O2S. The van der Waals surface area contributed by atoms with Crippen LogP contribution >= 0.6 is 47.8 Å². The van der Waals surface area contributed by atoms with Gasteiger partial charge >= 0.3 is 0 Å². The molecule has 0 atom stereocenters. The third-order valence-electron chi connectivity index (χ3n) is 2.43. The Balaban J connectivity index is 2.41. The molecule has 0 radical (unpaired) electrons. The first-order chi connectivity index (χ1) is 9.29. The first-order valence-electron chi connectivity index (χ1n) is 5.32. The summed E-state index contributed by atoms with van der Waals surface area (Å²) >= 11 is 9.98. The van der Waals surface area contributed by atoms with E-state index in [1.54, 1.807) is 24.3 Å². The van der Waals surface area contributed by atoms with Crippen LogP contribution in [-0.4, -0.2) is 8.42 Å². The summed E-state index contributed by atoms with van der Waals surface area (Å²) in [5, 5.41) is 0. The Morgan fingerprint density at radius 2 is 1.45 bits per heavy atom. The zero-order valence-corrected chi connectivity index (χ0v) is 15.5. The van der Waals surface area contributed by atoms with E-state index in [2.05, 4.69) is 52.5 Å². The number of rotatable bonds is 3. The quantitative estimate of drug-likeness (QED) is 0.636. The van der Waals surface area contributed by atoms with Crippen molar-refractivity contribution in [2.24, 2.45) is 0 Å². The maximum Gasteiger partial charge on any atom is 0.261 e. The van der Waals surface area contributed by atoms with Crippen LogP contribution in [0.15, 0.2) is 54.7 Å². The predicted molar refractivity (Wildman–Crippen MR) is 91.2 cm³/mol. The zero-order chi connectivity index (χ0) is 14.9. The molecule has 0 bridgehead atoms. The van der Waals surface area contributed by atoms with Crippen molar-refractivity contribution in [3.63, 3.8) is 0 Å². The first kappa shape index (κ1) is 15.8.